The molecule has 0 radical (unpaired) electrons. The van der Waals surface area contributed by atoms with Gasteiger partial charge in [-0.05, 0) is 44.1 Å². The highest BCUT2D eigenvalue weighted by atomic mass is 16.5. The summed E-state index contributed by atoms with van der Waals surface area (Å²) < 4.78 is 4.89. The number of carbonyl (C=O) groups is 1. The highest BCUT2D eigenvalue weighted by Crippen LogP contribution is 2.12. The van der Waals surface area contributed by atoms with Crippen LogP contribution >= 0.6 is 0 Å². The second-order valence-electron chi connectivity index (χ2n) is 5.13. The molecule has 2 heteroatoms. The lowest BCUT2D eigenvalue weighted by Crippen LogP contribution is -2.02. The quantitative estimate of drug-likeness (QED) is 0.488. The molecule has 0 saturated heterocycles. The van der Waals surface area contributed by atoms with E-state index in [1.54, 1.807) is 0 Å². The Morgan fingerprint density at radius 2 is 2.05 bits per heavy atom. The molecule has 2 nitrogen and oxygen atoms in total. The normalized spacial score (nSPS) is 12.5. The highest BCUT2D eigenvalue weighted by Gasteiger charge is 2.00. The molecule has 0 aliphatic carbocycles. The number of ether oxygens (including phenoxy) is 1. The Kier molecular flexibility index (Phi) is 8.44. The van der Waals surface area contributed by atoms with E-state index in [9.17, 15) is 4.79 Å². The molecule has 20 heavy (non-hydrogen) atoms. The number of benzene rings is 1. The van der Waals surface area contributed by atoms with Gasteiger partial charge in [0, 0.05) is 6.42 Å². The van der Waals surface area contributed by atoms with Crippen LogP contribution in [-0.4, -0.2) is 12.6 Å². The molecule has 0 N–H and O–H groups in total. The van der Waals surface area contributed by atoms with E-state index in [0.717, 1.165) is 12.8 Å². The molecule has 0 fully saturated rings. The van der Waals surface area contributed by atoms with Gasteiger partial charge in [0.15, 0.2) is 0 Å². The summed E-state index contributed by atoms with van der Waals surface area (Å²) in [4.78, 5) is 11.2. The number of rotatable bonds is 9. The molecule has 0 amide bonds. The Balaban J connectivity index is 2.10. The zero-order valence-electron chi connectivity index (χ0n) is 12.7. The van der Waals surface area contributed by atoms with Gasteiger partial charge in [0.05, 0.1) is 6.61 Å². The molecule has 0 aliphatic heterocycles. The maximum Gasteiger partial charge on any atom is 0.306 e. The molecule has 1 atom stereocenters. The molecular weight excluding hydrogens is 248 g/mol. The first-order valence-corrected chi connectivity index (χ1v) is 7.58. The fourth-order valence-corrected chi connectivity index (χ4v) is 2.13. The maximum atomic E-state index is 11.2. The maximum absolute atomic E-state index is 11.2. The van der Waals surface area contributed by atoms with Gasteiger partial charge < -0.3 is 4.74 Å². The third kappa shape index (κ3) is 7.78. The fraction of sp³-hybridized carbons (Fsp3) is 0.500. The van der Waals surface area contributed by atoms with Crippen molar-refractivity contribution in [2.75, 3.05) is 6.61 Å². The van der Waals surface area contributed by atoms with Crippen LogP contribution in [0, 0.1) is 5.92 Å². The van der Waals surface area contributed by atoms with Gasteiger partial charge >= 0.3 is 5.97 Å². The van der Waals surface area contributed by atoms with Crippen LogP contribution in [0.2, 0.25) is 0 Å². The summed E-state index contributed by atoms with van der Waals surface area (Å²) in [5, 5.41) is 0. The lowest BCUT2D eigenvalue weighted by atomic mass is 10.0. The largest absolute Gasteiger partial charge is 0.466 e. The van der Waals surface area contributed by atoms with Crippen LogP contribution in [0.25, 0.3) is 0 Å². The first-order chi connectivity index (χ1) is 9.72. The van der Waals surface area contributed by atoms with Gasteiger partial charge in [-0.1, -0.05) is 49.4 Å². The van der Waals surface area contributed by atoms with E-state index in [0.29, 0.717) is 18.9 Å². The minimum absolute atomic E-state index is 0.103. The average molecular weight is 274 g/mol. The second kappa shape index (κ2) is 10.2. The number of esters is 1. The van der Waals surface area contributed by atoms with Gasteiger partial charge in [0.25, 0.3) is 0 Å². The zero-order valence-corrected chi connectivity index (χ0v) is 12.7. The number of allylic oxidation sites excluding steroid dienone is 2. The van der Waals surface area contributed by atoms with E-state index in [1.807, 2.05) is 6.92 Å². The highest BCUT2D eigenvalue weighted by molar-refractivity contribution is 5.69. The monoisotopic (exact) mass is 274 g/mol. The standard InChI is InChI=1S/C18H26O2/c1-3-20-18(19)15-8-7-10-16(2)11-9-14-17-12-5-4-6-13-17/h4-7,10,12-13,16H,3,8-9,11,14-15H2,1-2H3/t16-/m0/s1. The van der Waals surface area contributed by atoms with Gasteiger partial charge in [-0.15, -0.1) is 0 Å². The van der Waals surface area contributed by atoms with Crippen LogP contribution in [0.15, 0.2) is 42.5 Å². The SMILES string of the molecule is CCOC(=O)CCC=C[C@H](C)CCCc1ccccc1. The van der Waals surface area contributed by atoms with Crippen molar-refractivity contribution in [3.63, 3.8) is 0 Å². The molecule has 0 unspecified atom stereocenters. The van der Waals surface area contributed by atoms with Gasteiger partial charge in [0.1, 0.15) is 0 Å². The van der Waals surface area contributed by atoms with Crippen LogP contribution in [0.4, 0.5) is 0 Å². The third-order valence-corrected chi connectivity index (χ3v) is 3.25. The Bertz CT molecular complexity index is 395. The first kappa shape index (κ1) is 16.5. The Hall–Kier alpha value is -1.57. The molecule has 1 rings (SSSR count). The predicted molar refractivity (Wildman–Crippen MR) is 83.6 cm³/mol. The van der Waals surface area contributed by atoms with E-state index in [4.69, 9.17) is 4.74 Å². The summed E-state index contributed by atoms with van der Waals surface area (Å²) in [5.41, 5.74) is 1.41. The van der Waals surface area contributed by atoms with Crippen molar-refractivity contribution in [1.29, 1.82) is 0 Å². The van der Waals surface area contributed by atoms with Crippen molar-refractivity contribution in [2.45, 2.75) is 46.0 Å². The fourth-order valence-electron chi connectivity index (χ4n) is 2.13. The van der Waals surface area contributed by atoms with Crippen molar-refractivity contribution in [1.82, 2.24) is 0 Å². The number of carbonyl (C=O) groups excluding carboxylic acids is 1. The molecule has 0 aromatic heterocycles. The zero-order chi connectivity index (χ0) is 14.6. The summed E-state index contributed by atoms with van der Waals surface area (Å²) in [6.45, 7) is 4.53. The summed E-state index contributed by atoms with van der Waals surface area (Å²) in [6.07, 6.45) is 9.11. The molecule has 0 heterocycles. The molecule has 0 spiro atoms. The number of hydrogen-bond donors (Lipinski definition) is 0. The van der Waals surface area contributed by atoms with Crippen LogP contribution in [0.3, 0.4) is 0 Å². The molecule has 1 aromatic rings. The van der Waals surface area contributed by atoms with Gasteiger partial charge in [0.2, 0.25) is 0 Å². The number of aryl methyl sites for hydroxylation is 1. The number of hydrogen-bond acceptors (Lipinski definition) is 2. The molecule has 0 saturated carbocycles. The van der Waals surface area contributed by atoms with E-state index in [1.165, 1.54) is 18.4 Å². The third-order valence-electron chi connectivity index (χ3n) is 3.25. The van der Waals surface area contributed by atoms with Crippen LogP contribution in [0.5, 0.6) is 0 Å². The Labute approximate surface area is 122 Å². The lowest BCUT2D eigenvalue weighted by molar-refractivity contribution is -0.143. The van der Waals surface area contributed by atoms with Crippen LogP contribution in [0.1, 0.15) is 45.1 Å². The van der Waals surface area contributed by atoms with Crippen molar-refractivity contribution in [3.05, 3.63) is 48.0 Å². The van der Waals surface area contributed by atoms with Crippen molar-refractivity contribution >= 4 is 5.97 Å². The minimum Gasteiger partial charge on any atom is -0.466 e. The molecular formula is C18H26O2. The van der Waals surface area contributed by atoms with Gasteiger partial charge in [-0.25, -0.2) is 0 Å². The molecule has 1 aromatic carbocycles. The first-order valence-electron chi connectivity index (χ1n) is 7.58. The topological polar surface area (TPSA) is 26.3 Å². The van der Waals surface area contributed by atoms with Crippen molar-refractivity contribution < 1.29 is 9.53 Å². The average Bonchev–Trinajstić information content (AvgIpc) is 2.45. The van der Waals surface area contributed by atoms with E-state index in [-0.39, 0.29) is 5.97 Å². The second-order valence-corrected chi connectivity index (χ2v) is 5.13. The summed E-state index contributed by atoms with van der Waals surface area (Å²) in [7, 11) is 0. The van der Waals surface area contributed by atoms with E-state index < -0.39 is 0 Å². The Morgan fingerprint density at radius 3 is 2.75 bits per heavy atom. The van der Waals surface area contributed by atoms with E-state index in [2.05, 4.69) is 49.4 Å². The predicted octanol–water partition coefficient (Wildman–Crippen LogP) is 4.54. The summed E-state index contributed by atoms with van der Waals surface area (Å²) in [6, 6.07) is 10.6. The minimum atomic E-state index is -0.103. The van der Waals surface area contributed by atoms with Crippen molar-refractivity contribution in [2.24, 2.45) is 5.92 Å². The smallest absolute Gasteiger partial charge is 0.306 e. The molecule has 0 aliphatic rings. The van der Waals surface area contributed by atoms with E-state index >= 15 is 0 Å². The summed E-state index contributed by atoms with van der Waals surface area (Å²) in [5.74, 6) is 0.467. The van der Waals surface area contributed by atoms with Gasteiger partial charge in [-0.3, -0.25) is 4.79 Å². The van der Waals surface area contributed by atoms with Crippen LogP contribution < -0.4 is 0 Å². The van der Waals surface area contributed by atoms with Crippen LogP contribution in [-0.2, 0) is 16.0 Å². The van der Waals surface area contributed by atoms with Gasteiger partial charge in [-0.2, -0.15) is 0 Å². The lowest BCUT2D eigenvalue weighted by Gasteiger charge is -2.06. The van der Waals surface area contributed by atoms with Crippen molar-refractivity contribution in [3.8, 4) is 0 Å². The summed E-state index contributed by atoms with van der Waals surface area (Å²) >= 11 is 0. The molecule has 0 bridgehead atoms. The molecule has 110 valence electrons. The Morgan fingerprint density at radius 1 is 1.30 bits per heavy atom.